The lowest BCUT2D eigenvalue weighted by molar-refractivity contribution is -0.201. The van der Waals surface area contributed by atoms with Gasteiger partial charge in [-0.3, -0.25) is 9.69 Å². The highest BCUT2D eigenvalue weighted by atomic mass is 19.4. The number of ether oxygens (including phenoxy) is 1. The van der Waals surface area contributed by atoms with Crippen LogP contribution in [0.3, 0.4) is 0 Å². The van der Waals surface area contributed by atoms with Gasteiger partial charge in [0.05, 0.1) is 22.6 Å². The smallest absolute Gasteiger partial charge is 0.416 e. The number of amides is 1. The van der Waals surface area contributed by atoms with E-state index < -0.39 is 28.9 Å². The first-order valence-corrected chi connectivity index (χ1v) is 15.7. The van der Waals surface area contributed by atoms with Gasteiger partial charge in [0.1, 0.15) is 6.10 Å². The third-order valence-corrected chi connectivity index (χ3v) is 10.8. The van der Waals surface area contributed by atoms with Gasteiger partial charge in [0.25, 0.3) is 0 Å². The van der Waals surface area contributed by atoms with Crippen molar-refractivity contribution in [1.29, 1.82) is 0 Å². The minimum absolute atomic E-state index is 0.0540. The standard InChI is InChI=1S/C34H39F3N2O4/c1-2-3-16-39(28(41)12-9-21-5-4-6-24(18-21)34(35,36)37)25-13-14-33(42)27-19-23-10-11-26(40)30-29(23)32(33,31(25)43-30)15-17-38(27)20-22-7-8-22/h4-6,9-12,18,22,25,27,31,40,42H,2-3,7-8,13-17,19-20H2,1H3/t25-,27-,31+,32+,33-/m1/s1. The molecule has 1 saturated heterocycles. The van der Waals surface area contributed by atoms with Crippen molar-refractivity contribution in [3.63, 3.8) is 0 Å². The molecule has 43 heavy (non-hydrogen) atoms. The van der Waals surface area contributed by atoms with Gasteiger partial charge in [-0.15, -0.1) is 0 Å². The summed E-state index contributed by atoms with van der Waals surface area (Å²) in [5.41, 5.74) is -0.259. The Kier molecular flexibility index (Phi) is 6.85. The summed E-state index contributed by atoms with van der Waals surface area (Å²) in [4.78, 5) is 18.1. The second kappa shape index (κ2) is 10.3. The van der Waals surface area contributed by atoms with Crippen LogP contribution in [0, 0.1) is 5.92 Å². The molecule has 2 aromatic rings. The molecule has 6 nitrogen and oxygen atoms in total. The van der Waals surface area contributed by atoms with Crippen molar-refractivity contribution in [2.45, 2.75) is 93.7 Å². The number of piperidine rings is 1. The van der Waals surface area contributed by atoms with Gasteiger partial charge in [-0.2, -0.15) is 13.2 Å². The second-order valence-electron chi connectivity index (χ2n) is 13.2. The molecule has 2 N–H and O–H groups in total. The Morgan fingerprint density at radius 3 is 2.74 bits per heavy atom. The molecular formula is C34H39F3N2O4. The van der Waals surface area contributed by atoms with E-state index in [0.29, 0.717) is 49.5 Å². The molecule has 1 spiro atoms. The molecule has 5 aliphatic rings. The van der Waals surface area contributed by atoms with Crippen molar-refractivity contribution < 1.29 is 32.9 Å². The maximum absolute atomic E-state index is 13.9. The van der Waals surface area contributed by atoms with Gasteiger partial charge in [0.15, 0.2) is 11.5 Å². The number of aliphatic hydroxyl groups is 1. The van der Waals surface area contributed by atoms with Crippen LogP contribution in [0.4, 0.5) is 13.2 Å². The first kappa shape index (κ1) is 28.7. The summed E-state index contributed by atoms with van der Waals surface area (Å²) in [7, 11) is 0. The molecule has 2 bridgehead atoms. The van der Waals surface area contributed by atoms with Crippen LogP contribution in [0.1, 0.15) is 74.1 Å². The number of hydrogen-bond acceptors (Lipinski definition) is 5. The van der Waals surface area contributed by atoms with Gasteiger partial charge in [-0.1, -0.05) is 31.5 Å². The molecule has 5 atom stereocenters. The molecule has 0 aromatic heterocycles. The number of likely N-dealkylation sites (tertiary alicyclic amines) is 1. The fourth-order valence-electron chi connectivity index (χ4n) is 8.62. The van der Waals surface area contributed by atoms with Crippen LogP contribution in [0.15, 0.2) is 42.5 Å². The van der Waals surface area contributed by atoms with Gasteiger partial charge >= 0.3 is 6.18 Å². The third-order valence-electron chi connectivity index (χ3n) is 10.8. The zero-order chi connectivity index (χ0) is 30.1. The van der Waals surface area contributed by atoms with Crippen molar-refractivity contribution in [2.75, 3.05) is 19.6 Å². The number of aromatic hydroxyl groups is 1. The highest BCUT2D eigenvalue weighted by Crippen LogP contribution is 2.66. The number of phenols is 1. The highest BCUT2D eigenvalue weighted by molar-refractivity contribution is 5.92. The van der Waals surface area contributed by atoms with Gasteiger partial charge in [0, 0.05) is 30.8 Å². The van der Waals surface area contributed by atoms with E-state index in [9.17, 15) is 28.2 Å². The quantitative estimate of drug-likeness (QED) is 0.384. The van der Waals surface area contributed by atoms with E-state index in [2.05, 4.69) is 4.90 Å². The minimum Gasteiger partial charge on any atom is -0.504 e. The molecule has 0 radical (unpaired) electrons. The molecule has 2 heterocycles. The SMILES string of the molecule is CCCCN(C(=O)C=Cc1cccc(C(F)(F)F)c1)[C@@H]1CC[C@@]2(O)[C@H]3Cc4ccc(O)c5c4[C@@]2(CCN3CC2CC2)[C@H]1O5. The van der Waals surface area contributed by atoms with E-state index in [1.54, 1.807) is 17.0 Å². The summed E-state index contributed by atoms with van der Waals surface area (Å²) >= 11 is 0. The minimum atomic E-state index is -4.47. The Hall–Kier alpha value is -3.04. The lowest BCUT2D eigenvalue weighted by Crippen LogP contribution is -2.78. The van der Waals surface area contributed by atoms with Crippen LogP contribution in [0.5, 0.6) is 11.5 Å². The largest absolute Gasteiger partial charge is 0.504 e. The normalized spacial score (nSPS) is 31.1. The van der Waals surface area contributed by atoms with E-state index in [1.165, 1.54) is 31.1 Å². The van der Waals surface area contributed by atoms with Gasteiger partial charge in [-0.25, -0.2) is 0 Å². The summed E-state index contributed by atoms with van der Waals surface area (Å²) < 4.78 is 46.5. The van der Waals surface area contributed by atoms with E-state index in [0.717, 1.165) is 49.2 Å². The average Bonchev–Trinajstić information content (AvgIpc) is 3.72. The number of nitrogens with zero attached hydrogens (tertiary/aromatic N) is 2. The highest BCUT2D eigenvalue weighted by Gasteiger charge is 2.73. The number of carbonyl (C=O) groups is 1. The fraction of sp³-hybridized carbons (Fsp3) is 0.559. The molecule has 3 aliphatic carbocycles. The lowest BCUT2D eigenvalue weighted by atomic mass is 9.48. The van der Waals surface area contributed by atoms with Gasteiger partial charge in [-0.05, 0) is 92.8 Å². The van der Waals surface area contributed by atoms with Crippen LogP contribution < -0.4 is 4.74 Å². The topological polar surface area (TPSA) is 73.2 Å². The maximum atomic E-state index is 13.9. The zero-order valence-electron chi connectivity index (χ0n) is 24.4. The molecular weight excluding hydrogens is 557 g/mol. The molecule has 9 heteroatoms. The van der Waals surface area contributed by atoms with Gasteiger partial charge in [0.2, 0.25) is 5.91 Å². The average molecular weight is 597 g/mol. The summed E-state index contributed by atoms with van der Waals surface area (Å²) in [6.07, 6.45) is 4.29. The Balaban J connectivity index is 1.24. The number of rotatable bonds is 8. The number of carbonyl (C=O) groups excluding carboxylic acids is 1. The molecule has 0 unspecified atom stereocenters. The summed E-state index contributed by atoms with van der Waals surface area (Å²) in [6.45, 7) is 4.32. The van der Waals surface area contributed by atoms with Crippen molar-refractivity contribution in [2.24, 2.45) is 5.92 Å². The van der Waals surface area contributed by atoms with Gasteiger partial charge < -0.3 is 19.8 Å². The van der Waals surface area contributed by atoms with Crippen LogP contribution in [0.25, 0.3) is 6.08 Å². The van der Waals surface area contributed by atoms with Crippen molar-refractivity contribution in [1.82, 2.24) is 9.80 Å². The van der Waals surface area contributed by atoms with E-state index in [4.69, 9.17) is 4.74 Å². The Morgan fingerprint density at radius 2 is 2.00 bits per heavy atom. The molecule has 7 rings (SSSR count). The fourth-order valence-corrected chi connectivity index (χ4v) is 8.62. The third kappa shape index (κ3) is 4.48. The van der Waals surface area contributed by atoms with E-state index in [-0.39, 0.29) is 23.7 Å². The Labute approximate surface area is 250 Å². The number of unbranched alkanes of at least 4 members (excludes halogenated alkanes) is 1. The predicted molar refractivity (Wildman–Crippen MR) is 156 cm³/mol. The Bertz CT molecular complexity index is 1460. The van der Waals surface area contributed by atoms with Crippen molar-refractivity contribution >= 4 is 12.0 Å². The summed E-state index contributed by atoms with van der Waals surface area (Å²) in [5, 5.41) is 23.7. The number of hydrogen-bond donors (Lipinski definition) is 2. The maximum Gasteiger partial charge on any atom is 0.416 e. The van der Waals surface area contributed by atoms with E-state index in [1.807, 2.05) is 13.0 Å². The molecule has 1 amide bonds. The molecule has 2 aromatic carbocycles. The van der Waals surface area contributed by atoms with Crippen molar-refractivity contribution in [3.05, 3.63) is 64.7 Å². The van der Waals surface area contributed by atoms with Crippen LogP contribution in [0.2, 0.25) is 0 Å². The van der Waals surface area contributed by atoms with E-state index >= 15 is 0 Å². The van der Waals surface area contributed by atoms with Crippen molar-refractivity contribution in [3.8, 4) is 11.5 Å². The number of halogens is 3. The first-order valence-electron chi connectivity index (χ1n) is 15.7. The van der Waals surface area contributed by atoms with Crippen LogP contribution in [-0.2, 0) is 22.8 Å². The summed E-state index contributed by atoms with van der Waals surface area (Å²) in [6, 6.07) is 8.17. The predicted octanol–water partition coefficient (Wildman–Crippen LogP) is 5.69. The lowest BCUT2D eigenvalue weighted by Gasteiger charge is -2.65. The number of benzene rings is 2. The molecule has 2 saturated carbocycles. The second-order valence-corrected chi connectivity index (χ2v) is 13.2. The van der Waals surface area contributed by atoms with Crippen LogP contribution >= 0.6 is 0 Å². The Morgan fingerprint density at radius 1 is 1.19 bits per heavy atom. The monoisotopic (exact) mass is 596 g/mol. The summed E-state index contributed by atoms with van der Waals surface area (Å²) in [5.74, 6) is 0.884. The first-order chi connectivity index (χ1) is 20.6. The molecule has 2 aliphatic heterocycles. The number of phenolic OH excluding ortho intramolecular Hbond substituents is 1. The zero-order valence-corrected chi connectivity index (χ0v) is 24.4. The number of alkyl halides is 3. The van der Waals surface area contributed by atoms with Crippen LogP contribution in [-0.4, -0.2) is 69.3 Å². The molecule has 230 valence electrons. The molecule has 3 fully saturated rings.